The van der Waals surface area contributed by atoms with Crippen molar-refractivity contribution in [2.45, 2.75) is 6.92 Å². The number of para-hydroxylation sites is 1. The van der Waals surface area contributed by atoms with Crippen LogP contribution in [-0.4, -0.2) is 6.61 Å². The first-order valence-electron chi connectivity index (χ1n) is 3.90. The highest BCUT2D eigenvalue weighted by Gasteiger charge is 1.95. The first-order valence-corrected chi connectivity index (χ1v) is 5.48. The summed E-state index contributed by atoms with van der Waals surface area (Å²) in [5.74, 6) is 0.931. The number of aryl methyl sites for hydroxylation is 1. The average molecular weight is 306 g/mol. The van der Waals surface area contributed by atoms with Crippen LogP contribution in [0.2, 0.25) is 0 Å². The molecule has 1 aromatic carbocycles. The summed E-state index contributed by atoms with van der Waals surface area (Å²) < 4.78 is 6.42. The van der Waals surface area contributed by atoms with E-state index in [1.54, 1.807) is 0 Å². The maximum atomic E-state index is 5.51. The SMILES string of the molecule is Cc1ccccc1OCC=C(Br)Br. The van der Waals surface area contributed by atoms with Crippen LogP contribution >= 0.6 is 31.9 Å². The van der Waals surface area contributed by atoms with Gasteiger partial charge >= 0.3 is 0 Å². The number of halogens is 2. The Morgan fingerprint density at radius 3 is 2.69 bits per heavy atom. The number of benzene rings is 1. The van der Waals surface area contributed by atoms with Gasteiger partial charge in [0.2, 0.25) is 0 Å². The van der Waals surface area contributed by atoms with Gasteiger partial charge in [-0.25, -0.2) is 0 Å². The Bertz CT molecular complexity index is 304. The van der Waals surface area contributed by atoms with Crippen molar-refractivity contribution in [1.29, 1.82) is 0 Å². The Labute approximate surface area is 95.1 Å². The molecule has 0 saturated carbocycles. The first kappa shape index (κ1) is 10.8. The summed E-state index contributed by atoms with van der Waals surface area (Å²) >= 11 is 6.53. The highest BCUT2D eigenvalue weighted by atomic mass is 79.9. The number of hydrogen-bond donors (Lipinski definition) is 0. The van der Waals surface area contributed by atoms with E-state index < -0.39 is 0 Å². The molecule has 0 spiro atoms. The lowest BCUT2D eigenvalue weighted by atomic mass is 10.2. The summed E-state index contributed by atoms with van der Waals surface area (Å²) in [5, 5.41) is 0. The van der Waals surface area contributed by atoms with E-state index >= 15 is 0 Å². The van der Waals surface area contributed by atoms with Gasteiger partial charge in [-0.1, -0.05) is 18.2 Å². The van der Waals surface area contributed by atoms with Gasteiger partial charge in [-0.2, -0.15) is 0 Å². The highest BCUT2D eigenvalue weighted by molar-refractivity contribution is 9.28. The van der Waals surface area contributed by atoms with Gasteiger partial charge in [0.15, 0.2) is 0 Å². The van der Waals surface area contributed by atoms with E-state index in [0.717, 1.165) is 14.7 Å². The standard InChI is InChI=1S/C10H10Br2O/c1-8-4-2-3-5-9(8)13-7-6-10(11)12/h2-6H,7H2,1H3. The van der Waals surface area contributed by atoms with Crippen molar-refractivity contribution in [1.82, 2.24) is 0 Å². The third-order valence-electron chi connectivity index (χ3n) is 1.57. The lowest BCUT2D eigenvalue weighted by Gasteiger charge is -2.05. The monoisotopic (exact) mass is 304 g/mol. The predicted octanol–water partition coefficient (Wildman–Crippen LogP) is 4.01. The predicted molar refractivity (Wildman–Crippen MR) is 62.6 cm³/mol. The molecule has 0 amide bonds. The third-order valence-corrected chi connectivity index (χ3v) is 2.22. The summed E-state index contributed by atoms with van der Waals surface area (Å²) in [6.07, 6.45) is 1.91. The molecule has 0 radical (unpaired) electrons. The molecule has 0 aromatic heterocycles. The Hall–Kier alpha value is -0.280. The summed E-state index contributed by atoms with van der Waals surface area (Å²) in [4.78, 5) is 0. The fourth-order valence-electron chi connectivity index (χ4n) is 0.913. The van der Waals surface area contributed by atoms with Crippen LogP contribution < -0.4 is 4.74 Å². The Balaban J connectivity index is 2.55. The third kappa shape index (κ3) is 3.96. The molecule has 0 aliphatic carbocycles. The zero-order valence-electron chi connectivity index (χ0n) is 7.26. The van der Waals surface area contributed by atoms with Crippen molar-refractivity contribution in [3.8, 4) is 5.75 Å². The van der Waals surface area contributed by atoms with Crippen LogP contribution in [0, 0.1) is 6.92 Å². The summed E-state index contributed by atoms with van der Waals surface area (Å²) in [6, 6.07) is 7.96. The van der Waals surface area contributed by atoms with Gasteiger partial charge in [-0.05, 0) is 56.5 Å². The van der Waals surface area contributed by atoms with E-state index in [1.807, 2.05) is 37.3 Å². The fraction of sp³-hybridized carbons (Fsp3) is 0.200. The first-order chi connectivity index (χ1) is 6.20. The maximum Gasteiger partial charge on any atom is 0.122 e. The van der Waals surface area contributed by atoms with Crippen LogP contribution in [0.1, 0.15) is 5.56 Å². The van der Waals surface area contributed by atoms with Crippen LogP contribution in [0.3, 0.4) is 0 Å². The molecule has 0 atom stereocenters. The minimum absolute atomic E-state index is 0.566. The Morgan fingerprint density at radius 1 is 1.38 bits per heavy atom. The molecule has 0 N–H and O–H groups in total. The largest absolute Gasteiger partial charge is 0.489 e. The lowest BCUT2D eigenvalue weighted by Crippen LogP contribution is -1.94. The molecule has 0 aliphatic rings. The van der Waals surface area contributed by atoms with Crippen LogP contribution in [0.15, 0.2) is 33.7 Å². The van der Waals surface area contributed by atoms with Crippen LogP contribution in [0.5, 0.6) is 5.75 Å². The van der Waals surface area contributed by atoms with Gasteiger partial charge in [0.1, 0.15) is 12.4 Å². The van der Waals surface area contributed by atoms with E-state index in [2.05, 4.69) is 31.9 Å². The molecule has 0 bridgehead atoms. The molecule has 13 heavy (non-hydrogen) atoms. The quantitative estimate of drug-likeness (QED) is 0.820. The molecule has 1 rings (SSSR count). The fourth-order valence-corrected chi connectivity index (χ4v) is 1.18. The second-order valence-electron chi connectivity index (χ2n) is 2.57. The van der Waals surface area contributed by atoms with Gasteiger partial charge in [-0.15, -0.1) is 0 Å². The van der Waals surface area contributed by atoms with Crippen molar-refractivity contribution in [2.75, 3.05) is 6.61 Å². The Morgan fingerprint density at radius 2 is 2.08 bits per heavy atom. The van der Waals surface area contributed by atoms with Gasteiger partial charge in [0.05, 0.1) is 3.39 Å². The van der Waals surface area contributed by atoms with E-state index in [1.165, 1.54) is 0 Å². The van der Waals surface area contributed by atoms with Crippen LogP contribution in [0.4, 0.5) is 0 Å². The number of hydrogen-bond acceptors (Lipinski definition) is 1. The van der Waals surface area contributed by atoms with Crippen molar-refractivity contribution < 1.29 is 4.74 Å². The molecule has 70 valence electrons. The molecule has 0 heterocycles. The Kier molecular flexibility index (Phi) is 4.53. The van der Waals surface area contributed by atoms with Gasteiger partial charge < -0.3 is 4.74 Å². The molecule has 0 saturated heterocycles. The number of rotatable bonds is 3. The molecular formula is C10H10Br2O. The van der Waals surface area contributed by atoms with E-state index in [-0.39, 0.29) is 0 Å². The molecule has 0 unspecified atom stereocenters. The highest BCUT2D eigenvalue weighted by Crippen LogP contribution is 2.17. The van der Waals surface area contributed by atoms with Gasteiger partial charge in [0, 0.05) is 0 Å². The minimum Gasteiger partial charge on any atom is -0.489 e. The summed E-state index contributed by atoms with van der Waals surface area (Å²) in [5.41, 5.74) is 1.15. The van der Waals surface area contributed by atoms with Crippen molar-refractivity contribution in [3.63, 3.8) is 0 Å². The van der Waals surface area contributed by atoms with Crippen molar-refractivity contribution in [3.05, 3.63) is 39.3 Å². The molecular weight excluding hydrogens is 296 g/mol. The van der Waals surface area contributed by atoms with Gasteiger partial charge in [-0.3, -0.25) is 0 Å². The zero-order chi connectivity index (χ0) is 9.68. The van der Waals surface area contributed by atoms with E-state index in [9.17, 15) is 0 Å². The molecule has 0 aliphatic heterocycles. The average Bonchev–Trinajstić information content (AvgIpc) is 2.08. The molecule has 1 aromatic rings. The van der Waals surface area contributed by atoms with Crippen LogP contribution in [0.25, 0.3) is 0 Å². The van der Waals surface area contributed by atoms with E-state index in [4.69, 9.17) is 4.74 Å². The molecule has 0 fully saturated rings. The maximum absolute atomic E-state index is 5.51. The second-order valence-corrected chi connectivity index (χ2v) is 5.34. The zero-order valence-corrected chi connectivity index (χ0v) is 10.4. The lowest BCUT2D eigenvalue weighted by molar-refractivity contribution is 0.360. The van der Waals surface area contributed by atoms with Gasteiger partial charge in [0.25, 0.3) is 0 Å². The topological polar surface area (TPSA) is 9.23 Å². The second kappa shape index (κ2) is 5.45. The van der Waals surface area contributed by atoms with Crippen molar-refractivity contribution in [2.24, 2.45) is 0 Å². The van der Waals surface area contributed by atoms with Crippen LogP contribution in [-0.2, 0) is 0 Å². The smallest absolute Gasteiger partial charge is 0.122 e. The molecule has 1 nitrogen and oxygen atoms in total. The molecule has 3 heteroatoms. The normalized spacial score (nSPS) is 9.46. The summed E-state index contributed by atoms with van der Waals surface area (Å²) in [7, 11) is 0. The summed E-state index contributed by atoms with van der Waals surface area (Å²) in [6.45, 7) is 2.60. The van der Waals surface area contributed by atoms with E-state index in [0.29, 0.717) is 6.61 Å². The number of ether oxygens (including phenoxy) is 1. The van der Waals surface area contributed by atoms with Crippen molar-refractivity contribution >= 4 is 31.9 Å². The minimum atomic E-state index is 0.566.